The number of phenols is 1. The highest BCUT2D eigenvalue weighted by molar-refractivity contribution is 8.18. The fourth-order valence-electron chi connectivity index (χ4n) is 2.56. The first kappa shape index (κ1) is 16.0. The molecule has 0 atom stereocenters. The number of aliphatic imine (C=N–C) groups is 1. The van der Waals surface area contributed by atoms with Gasteiger partial charge in [0.05, 0.1) is 11.5 Å². The first-order valence-electron chi connectivity index (χ1n) is 7.55. The lowest BCUT2D eigenvalue weighted by Crippen LogP contribution is -2.48. The molecule has 1 aromatic carbocycles. The first-order chi connectivity index (χ1) is 11.2. The number of rotatable bonds is 3. The molecule has 0 saturated carbocycles. The van der Waals surface area contributed by atoms with Crippen molar-refractivity contribution in [1.29, 1.82) is 0 Å². The van der Waals surface area contributed by atoms with Gasteiger partial charge < -0.3 is 15.1 Å². The summed E-state index contributed by atoms with van der Waals surface area (Å²) >= 11 is 1.40. The fraction of sp³-hybridized carbons (Fsp3) is 0.375. The van der Waals surface area contributed by atoms with Crippen LogP contribution in [0.4, 0.5) is 0 Å². The minimum Gasteiger partial charge on any atom is -0.508 e. The lowest BCUT2D eigenvalue weighted by Gasteiger charge is -2.34. The van der Waals surface area contributed by atoms with Gasteiger partial charge in [-0.3, -0.25) is 9.69 Å². The van der Waals surface area contributed by atoms with Gasteiger partial charge in [0, 0.05) is 32.7 Å². The first-order valence-corrected chi connectivity index (χ1v) is 8.37. The number of hydrogen-bond acceptors (Lipinski definition) is 6. The summed E-state index contributed by atoms with van der Waals surface area (Å²) in [6, 6.07) is 6.72. The van der Waals surface area contributed by atoms with Crippen molar-refractivity contribution in [2.75, 3.05) is 39.3 Å². The van der Waals surface area contributed by atoms with Gasteiger partial charge in [0.15, 0.2) is 5.17 Å². The lowest BCUT2D eigenvalue weighted by molar-refractivity contribution is -0.113. The summed E-state index contributed by atoms with van der Waals surface area (Å²) in [5, 5.41) is 19.0. The molecule has 7 heteroatoms. The Morgan fingerprint density at radius 3 is 2.52 bits per heavy atom. The number of piperazine rings is 1. The zero-order chi connectivity index (χ0) is 16.2. The van der Waals surface area contributed by atoms with E-state index >= 15 is 0 Å². The number of carbonyl (C=O) groups excluding carboxylic acids is 1. The standard InChI is InChI=1S/C16H19N3O3S/c20-10-9-18-5-7-19(8-6-18)16-17-15(22)14(23-16)11-12-1-3-13(21)4-2-12/h1-4,11,20-21H,5-10H2. The molecule has 1 saturated heterocycles. The summed E-state index contributed by atoms with van der Waals surface area (Å²) in [4.78, 5) is 21.1. The Morgan fingerprint density at radius 1 is 1.17 bits per heavy atom. The van der Waals surface area contributed by atoms with Crippen molar-refractivity contribution in [3.63, 3.8) is 0 Å². The normalized spacial score (nSPS) is 21.1. The Balaban J connectivity index is 1.63. The minimum absolute atomic E-state index is 0.174. The van der Waals surface area contributed by atoms with Crippen LogP contribution in [0.2, 0.25) is 0 Å². The minimum atomic E-state index is -0.212. The second-order valence-corrected chi connectivity index (χ2v) is 6.46. The number of benzene rings is 1. The Kier molecular flexibility index (Phi) is 5.00. The van der Waals surface area contributed by atoms with E-state index in [9.17, 15) is 9.90 Å². The van der Waals surface area contributed by atoms with Gasteiger partial charge in [-0.2, -0.15) is 4.99 Å². The molecule has 1 amide bonds. The highest BCUT2D eigenvalue weighted by Gasteiger charge is 2.28. The molecule has 0 unspecified atom stereocenters. The van der Waals surface area contributed by atoms with Crippen LogP contribution in [0.15, 0.2) is 34.2 Å². The largest absolute Gasteiger partial charge is 0.508 e. The number of aliphatic hydroxyl groups excluding tert-OH is 1. The SMILES string of the molecule is O=C1N=C(N2CCN(CCO)CC2)SC1=Cc1ccc(O)cc1. The maximum absolute atomic E-state index is 12.1. The topological polar surface area (TPSA) is 76.4 Å². The maximum Gasteiger partial charge on any atom is 0.286 e. The number of aliphatic hydroxyl groups is 1. The average molecular weight is 333 g/mol. The zero-order valence-electron chi connectivity index (χ0n) is 12.7. The summed E-state index contributed by atoms with van der Waals surface area (Å²) in [7, 11) is 0. The van der Waals surface area contributed by atoms with E-state index in [0.29, 0.717) is 11.4 Å². The van der Waals surface area contributed by atoms with E-state index in [2.05, 4.69) is 14.8 Å². The Morgan fingerprint density at radius 2 is 1.87 bits per heavy atom. The van der Waals surface area contributed by atoms with Gasteiger partial charge in [-0.05, 0) is 35.5 Å². The van der Waals surface area contributed by atoms with Crippen LogP contribution in [-0.2, 0) is 4.79 Å². The van der Waals surface area contributed by atoms with Crippen LogP contribution < -0.4 is 0 Å². The van der Waals surface area contributed by atoms with Crippen LogP contribution >= 0.6 is 11.8 Å². The molecule has 0 aromatic heterocycles. The summed E-state index contributed by atoms with van der Waals surface area (Å²) in [6.07, 6.45) is 1.80. The number of β-amino-alcohol motifs (C(OH)–C–C–N with tert-alkyl or cyclic N) is 1. The molecule has 2 heterocycles. The Labute approximate surface area is 139 Å². The predicted molar refractivity (Wildman–Crippen MR) is 91.2 cm³/mol. The van der Waals surface area contributed by atoms with E-state index in [4.69, 9.17) is 5.11 Å². The fourth-order valence-corrected chi connectivity index (χ4v) is 3.52. The second kappa shape index (κ2) is 7.16. The van der Waals surface area contributed by atoms with E-state index in [-0.39, 0.29) is 18.3 Å². The van der Waals surface area contributed by atoms with Gasteiger partial charge in [0.2, 0.25) is 0 Å². The van der Waals surface area contributed by atoms with Gasteiger partial charge in [-0.1, -0.05) is 12.1 Å². The van der Waals surface area contributed by atoms with Crippen LogP contribution in [0.1, 0.15) is 5.56 Å². The van der Waals surface area contributed by atoms with Crippen molar-refractivity contribution < 1.29 is 15.0 Å². The number of aromatic hydroxyl groups is 1. The Bertz CT molecular complexity index is 634. The summed E-state index contributed by atoms with van der Waals surface area (Å²) < 4.78 is 0. The molecule has 1 aromatic rings. The molecular weight excluding hydrogens is 314 g/mol. The number of hydrogen-bond donors (Lipinski definition) is 2. The molecule has 23 heavy (non-hydrogen) atoms. The second-order valence-electron chi connectivity index (χ2n) is 5.45. The maximum atomic E-state index is 12.1. The number of thioether (sulfide) groups is 1. The molecule has 1 fully saturated rings. The van der Waals surface area contributed by atoms with E-state index in [0.717, 1.165) is 36.9 Å². The molecule has 3 rings (SSSR count). The van der Waals surface area contributed by atoms with Gasteiger partial charge in [0.25, 0.3) is 5.91 Å². The molecule has 6 nitrogen and oxygen atoms in total. The van der Waals surface area contributed by atoms with E-state index in [1.54, 1.807) is 30.3 Å². The number of carbonyl (C=O) groups is 1. The number of amides is 1. The molecule has 2 aliphatic rings. The molecule has 0 aliphatic carbocycles. The molecular formula is C16H19N3O3S. The Hall–Kier alpha value is -1.83. The summed E-state index contributed by atoms with van der Waals surface area (Å²) in [6.45, 7) is 4.22. The van der Waals surface area contributed by atoms with Gasteiger partial charge >= 0.3 is 0 Å². The zero-order valence-corrected chi connectivity index (χ0v) is 13.5. The smallest absolute Gasteiger partial charge is 0.286 e. The van der Waals surface area contributed by atoms with Crippen molar-refractivity contribution in [3.8, 4) is 5.75 Å². The van der Waals surface area contributed by atoms with Crippen molar-refractivity contribution in [3.05, 3.63) is 34.7 Å². The number of nitrogens with zero attached hydrogens (tertiary/aromatic N) is 3. The van der Waals surface area contributed by atoms with Crippen LogP contribution in [0.25, 0.3) is 6.08 Å². The van der Waals surface area contributed by atoms with Gasteiger partial charge in [0.1, 0.15) is 5.75 Å². The van der Waals surface area contributed by atoms with Gasteiger partial charge in [-0.25, -0.2) is 0 Å². The highest BCUT2D eigenvalue weighted by Crippen LogP contribution is 2.30. The average Bonchev–Trinajstić information content (AvgIpc) is 2.92. The molecule has 2 N–H and O–H groups in total. The molecule has 122 valence electrons. The van der Waals surface area contributed by atoms with Crippen LogP contribution in [0.3, 0.4) is 0 Å². The van der Waals surface area contributed by atoms with Gasteiger partial charge in [-0.15, -0.1) is 0 Å². The monoisotopic (exact) mass is 333 g/mol. The summed E-state index contributed by atoms with van der Waals surface area (Å²) in [5.74, 6) is -0.00824. The van der Waals surface area contributed by atoms with Crippen LogP contribution in [0.5, 0.6) is 5.75 Å². The quantitative estimate of drug-likeness (QED) is 0.803. The van der Waals surface area contributed by atoms with E-state index in [1.807, 2.05) is 0 Å². The third-order valence-corrected chi connectivity index (χ3v) is 4.90. The molecule has 0 bridgehead atoms. The van der Waals surface area contributed by atoms with Crippen molar-refractivity contribution in [2.45, 2.75) is 0 Å². The third kappa shape index (κ3) is 3.93. The third-order valence-electron chi connectivity index (χ3n) is 3.86. The van der Waals surface area contributed by atoms with Crippen LogP contribution in [-0.4, -0.2) is 70.4 Å². The lowest BCUT2D eigenvalue weighted by atomic mass is 10.2. The van der Waals surface area contributed by atoms with Crippen molar-refractivity contribution in [1.82, 2.24) is 9.80 Å². The van der Waals surface area contributed by atoms with E-state index < -0.39 is 0 Å². The number of phenolic OH excluding ortho intramolecular Hbond substituents is 1. The predicted octanol–water partition coefficient (Wildman–Crippen LogP) is 0.972. The molecule has 0 spiro atoms. The van der Waals surface area contributed by atoms with Crippen molar-refractivity contribution in [2.24, 2.45) is 4.99 Å². The molecule has 0 radical (unpaired) electrons. The molecule has 2 aliphatic heterocycles. The summed E-state index contributed by atoms with van der Waals surface area (Å²) in [5.41, 5.74) is 0.864. The van der Waals surface area contributed by atoms with Crippen LogP contribution in [0, 0.1) is 0 Å². The van der Waals surface area contributed by atoms with E-state index in [1.165, 1.54) is 11.8 Å². The van der Waals surface area contributed by atoms with Crippen molar-refractivity contribution >= 4 is 28.9 Å². The number of amidine groups is 1. The highest BCUT2D eigenvalue weighted by atomic mass is 32.2.